The summed E-state index contributed by atoms with van der Waals surface area (Å²) in [6.45, 7) is 1.49. The van der Waals surface area contributed by atoms with Crippen molar-refractivity contribution in [1.82, 2.24) is 15.5 Å². The lowest BCUT2D eigenvalue weighted by atomic mass is 10.1. The van der Waals surface area contributed by atoms with Crippen molar-refractivity contribution < 1.29 is 4.42 Å². The van der Waals surface area contributed by atoms with Crippen LogP contribution in [0.15, 0.2) is 52.1 Å². The number of halogens is 1. The van der Waals surface area contributed by atoms with Gasteiger partial charge in [-0.15, -0.1) is 0 Å². The van der Waals surface area contributed by atoms with Crippen LogP contribution in [0.5, 0.6) is 0 Å². The first kappa shape index (κ1) is 18.4. The van der Waals surface area contributed by atoms with E-state index in [4.69, 9.17) is 16.0 Å². The van der Waals surface area contributed by atoms with Crippen molar-refractivity contribution in [2.24, 2.45) is 4.99 Å². The SMILES string of the molecule is CN=C(NCCc1cccc(Cl)c1)NCC(c1ccco1)N(C)C. The molecule has 1 atom stereocenters. The molecule has 0 bridgehead atoms. The Morgan fingerprint density at radius 2 is 2.08 bits per heavy atom. The van der Waals surface area contributed by atoms with Gasteiger partial charge < -0.3 is 15.1 Å². The molecule has 0 aliphatic heterocycles. The second-order valence-corrected chi connectivity index (χ2v) is 6.19. The summed E-state index contributed by atoms with van der Waals surface area (Å²) >= 11 is 6.01. The molecule has 1 heterocycles. The Morgan fingerprint density at radius 3 is 2.71 bits per heavy atom. The van der Waals surface area contributed by atoms with Crippen molar-refractivity contribution in [3.63, 3.8) is 0 Å². The smallest absolute Gasteiger partial charge is 0.191 e. The Bertz CT molecular complexity index is 640. The van der Waals surface area contributed by atoms with Crippen molar-refractivity contribution >= 4 is 17.6 Å². The molecule has 1 aromatic heterocycles. The Hall–Kier alpha value is -1.98. The summed E-state index contributed by atoms with van der Waals surface area (Å²) < 4.78 is 5.52. The maximum absolute atomic E-state index is 6.01. The van der Waals surface area contributed by atoms with Crippen molar-refractivity contribution in [3.8, 4) is 0 Å². The van der Waals surface area contributed by atoms with Gasteiger partial charge in [-0.05, 0) is 50.3 Å². The Balaban J connectivity index is 1.81. The largest absolute Gasteiger partial charge is 0.468 e. The topological polar surface area (TPSA) is 52.8 Å². The molecule has 0 spiro atoms. The summed E-state index contributed by atoms with van der Waals surface area (Å²) in [5, 5.41) is 7.44. The number of hydrogen-bond acceptors (Lipinski definition) is 3. The van der Waals surface area contributed by atoms with Crippen LogP contribution in [0.1, 0.15) is 17.4 Å². The molecular formula is C18H25ClN4O. The highest BCUT2D eigenvalue weighted by Gasteiger charge is 2.17. The molecule has 0 saturated carbocycles. The lowest BCUT2D eigenvalue weighted by molar-refractivity contribution is 0.258. The number of aliphatic imine (C=N–C) groups is 1. The number of hydrogen-bond donors (Lipinski definition) is 2. The van der Waals surface area contributed by atoms with E-state index >= 15 is 0 Å². The number of rotatable bonds is 7. The molecule has 0 saturated heterocycles. The fourth-order valence-electron chi connectivity index (χ4n) is 2.45. The average molecular weight is 349 g/mol. The van der Waals surface area contributed by atoms with Gasteiger partial charge in [0, 0.05) is 25.2 Å². The first-order chi connectivity index (χ1) is 11.6. The number of likely N-dealkylation sites (N-methyl/N-ethyl adjacent to an activating group) is 1. The van der Waals surface area contributed by atoms with Crippen molar-refractivity contribution in [3.05, 3.63) is 59.0 Å². The molecule has 5 nitrogen and oxygen atoms in total. The van der Waals surface area contributed by atoms with E-state index in [2.05, 4.69) is 26.6 Å². The van der Waals surface area contributed by atoms with Gasteiger partial charge in [-0.25, -0.2) is 0 Å². The van der Waals surface area contributed by atoms with Crippen LogP contribution < -0.4 is 10.6 Å². The summed E-state index contributed by atoms with van der Waals surface area (Å²) in [5.74, 6) is 1.71. The minimum Gasteiger partial charge on any atom is -0.468 e. The molecule has 0 fully saturated rings. The number of guanidine groups is 1. The highest BCUT2D eigenvalue weighted by Crippen LogP contribution is 2.17. The van der Waals surface area contributed by atoms with Crippen molar-refractivity contribution in [1.29, 1.82) is 0 Å². The van der Waals surface area contributed by atoms with E-state index < -0.39 is 0 Å². The van der Waals surface area contributed by atoms with Crippen LogP contribution in [0.3, 0.4) is 0 Å². The third kappa shape index (κ3) is 5.58. The van der Waals surface area contributed by atoms with Gasteiger partial charge in [-0.1, -0.05) is 23.7 Å². The predicted molar refractivity (Wildman–Crippen MR) is 99.7 cm³/mol. The van der Waals surface area contributed by atoms with Gasteiger partial charge in [0.25, 0.3) is 0 Å². The molecule has 24 heavy (non-hydrogen) atoms. The van der Waals surface area contributed by atoms with Gasteiger partial charge in [0.2, 0.25) is 0 Å². The van der Waals surface area contributed by atoms with Gasteiger partial charge >= 0.3 is 0 Å². The number of nitrogens with zero attached hydrogens (tertiary/aromatic N) is 2. The normalized spacial score (nSPS) is 13.1. The van der Waals surface area contributed by atoms with Gasteiger partial charge in [-0.3, -0.25) is 9.89 Å². The maximum atomic E-state index is 6.01. The quantitative estimate of drug-likeness (QED) is 0.596. The molecule has 2 rings (SSSR count). The molecule has 0 amide bonds. The zero-order valence-electron chi connectivity index (χ0n) is 14.4. The fourth-order valence-corrected chi connectivity index (χ4v) is 2.66. The first-order valence-electron chi connectivity index (χ1n) is 7.99. The standard InChI is InChI=1S/C18H25ClN4O/c1-20-18(21-10-9-14-6-4-7-15(19)12-14)22-13-16(23(2)3)17-8-5-11-24-17/h4-8,11-12,16H,9-10,13H2,1-3H3,(H2,20,21,22). The molecule has 2 aromatic rings. The predicted octanol–water partition coefficient (Wildman–Crippen LogP) is 2.94. The van der Waals surface area contributed by atoms with E-state index in [1.165, 1.54) is 5.56 Å². The molecule has 0 aliphatic carbocycles. The van der Waals surface area contributed by atoms with E-state index in [1.54, 1.807) is 13.3 Å². The van der Waals surface area contributed by atoms with Crippen molar-refractivity contribution in [2.45, 2.75) is 12.5 Å². The molecule has 6 heteroatoms. The van der Waals surface area contributed by atoms with E-state index in [0.717, 1.165) is 29.7 Å². The highest BCUT2D eigenvalue weighted by atomic mass is 35.5. The summed E-state index contributed by atoms with van der Waals surface area (Å²) in [7, 11) is 5.83. The monoisotopic (exact) mass is 348 g/mol. The van der Waals surface area contributed by atoms with Crippen LogP contribution >= 0.6 is 11.6 Å². The lowest BCUT2D eigenvalue weighted by Gasteiger charge is -2.23. The Kier molecular flexibility index (Phi) is 7.15. The number of nitrogens with one attached hydrogen (secondary N) is 2. The zero-order valence-corrected chi connectivity index (χ0v) is 15.2. The van der Waals surface area contributed by atoms with Gasteiger partial charge in [0.15, 0.2) is 5.96 Å². The van der Waals surface area contributed by atoms with E-state index in [0.29, 0.717) is 6.54 Å². The van der Waals surface area contributed by atoms with Gasteiger partial charge in [-0.2, -0.15) is 0 Å². The minimum absolute atomic E-state index is 0.145. The molecule has 0 aliphatic rings. The Labute approximate surface area is 148 Å². The molecule has 0 radical (unpaired) electrons. The second-order valence-electron chi connectivity index (χ2n) is 5.75. The van der Waals surface area contributed by atoms with Crippen LogP contribution in [-0.2, 0) is 6.42 Å². The number of benzene rings is 1. The highest BCUT2D eigenvalue weighted by molar-refractivity contribution is 6.30. The van der Waals surface area contributed by atoms with Crippen LogP contribution in [-0.4, -0.2) is 45.1 Å². The third-order valence-corrected chi connectivity index (χ3v) is 4.01. The summed E-state index contributed by atoms with van der Waals surface area (Å²) in [5.41, 5.74) is 1.20. The Morgan fingerprint density at radius 1 is 1.25 bits per heavy atom. The molecular weight excluding hydrogens is 324 g/mol. The summed E-state index contributed by atoms with van der Waals surface area (Å²) in [6, 6.07) is 11.9. The molecule has 1 aromatic carbocycles. The van der Waals surface area contributed by atoms with E-state index in [9.17, 15) is 0 Å². The number of furan rings is 1. The van der Waals surface area contributed by atoms with Gasteiger partial charge in [0.05, 0.1) is 12.3 Å². The van der Waals surface area contributed by atoms with Crippen LogP contribution in [0.2, 0.25) is 5.02 Å². The lowest BCUT2D eigenvalue weighted by Crippen LogP contribution is -2.42. The molecule has 130 valence electrons. The van der Waals surface area contributed by atoms with Crippen LogP contribution in [0.4, 0.5) is 0 Å². The van der Waals surface area contributed by atoms with Gasteiger partial charge in [0.1, 0.15) is 5.76 Å². The van der Waals surface area contributed by atoms with Crippen molar-refractivity contribution in [2.75, 3.05) is 34.2 Å². The first-order valence-corrected chi connectivity index (χ1v) is 8.36. The van der Waals surface area contributed by atoms with Crippen LogP contribution in [0, 0.1) is 0 Å². The maximum Gasteiger partial charge on any atom is 0.191 e. The summed E-state index contributed by atoms with van der Waals surface area (Å²) in [4.78, 5) is 6.38. The second kappa shape index (κ2) is 9.35. The average Bonchev–Trinajstić information content (AvgIpc) is 3.07. The zero-order chi connectivity index (χ0) is 17.4. The fraction of sp³-hybridized carbons (Fsp3) is 0.389. The third-order valence-electron chi connectivity index (χ3n) is 3.78. The van der Waals surface area contributed by atoms with E-state index in [1.807, 2.05) is 44.4 Å². The minimum atomic E-state index is 0.145. The molecule has 1 unspecified atom stereocenters. The van der Waals surface area contributed by atoms with Crippen LogP contribution in [0.25, 0.3) is 0 Å². The molecule has 2 N–H and O–H groups in total. The summed E-state index contributed by atoms with van der Waals surface area (Å²) in [6.07, 6.45) is 2.58. The van der Waals surface area contributed by atoms with E-state index in [-0.39, 0.29) is 6.04 Å².